The first kappa shape index (κ1) is 13.5. The number of piperidine rings is 1. The minimum Gasteiger partial charge on any atom is -0.337 e. The number of aromatic nitrogens is 3. The van der Waals surface area contributed by atoms with Crippen molar-refractivity contribution >= 4 is 5.91 Å². The van der Waals surface area contributed by atoms with Gasteiger partial charge in [-0.15, -0.1) is 5.10 Å². The summed E-state index contributed by atoms with van der Waals surface area (Å²) >= 11 is 0. The number of hydrogen-bond donors (Lipinski definition) is 1. The van der Waals surface area contributed by atoms with Gasteiger partial charge < -0.3 is 10.2 Å². The highest BCUT2D eigenvalue weighted by Crippen LogP contribution is 2.23. The summed E-state index contributed by atoms with van der Waals surface area (Å²) in [6.07, 6.45) is 8.61. The van der Waals surface area contributed by atoms with Gasteiger partial charge in [0.15, 0.2) is 5.69 Å². The Hall–Kier alpha value is -1.43. The molecule has 1 aromatic heterocycles. The number of carbonyl (C=O) groups is 1. The molecule has 1 aliphatic carbocycles. The second kappa shape index (κ2) is 5.91. The van der Waals surface area contributed by atoms with Crippen LogP contribution in [0.2, 0.25) is 0 Å². The highest BCUT2D eigenvalue weighted by molar-refractivity contribution is 5.91. The molecule has 0 radical (unpaired) electrons. The standard InChI is InChI=1S/C14H23N5O/c1-18(11-4-2-3-5-11)14(20)13-10-19(17-16-13)12-6-8-15-9-7-12/h10-12,15H,2-9H2,1H3. The number of amides is 1. The first-order valence-corrected chi connectivity index (χ1v) is 7.65. The molecule has 1 aliphatic heterocycles. The van der Waals surface area contributed by atoms with Crippen molar-refractivity contribution < 1.29 is 4.79 Å². The molecule has 2 heterocycles. The van der Waals surface area contributed by atoms with Gasteiger partial charge >= 0.3 is 0 Å². The van der Waals surface area contributed by atoms with Gasteiger partial charge in [-0.2, -0.15) is 0 Å². The van der Waals surface area contributed by atoms with E-state index in [1.807, 2.05) is 22.8 Å². The Morgan fingerprint density at radius 2 is 2.00 bits per heavy atom. The number of nitrogens with zero attached hydrogens (tertiary/aromatic N) is 4. The van der Waals surface area contributed by atoms with Crippen LogP contribution >= 0.6 is 0 Å². The molecule has 6 heteroatoms. The topological polar surface area (TPSA) is 63.1 Å². The van der Waals surface area contributed by atoms with Gasteiger partial charge in [-0.25, -0.2) is 4.68 Å². The monoisotopic (exact) mass is 277 g/mol. The van der Waals surface area contributed by atoms with E-state index in [-0.39, 0.29) is 5.91 Å². The molecule has 6 nitrogen and oxygen atoms in total. The Morgan fingerprint density at radius 3 is 2.70 bits per heavy atom. The summed E-state index contributed by atoms with van der Waals surface area (Å²) in [6, 6.07) is 0.758. The lowest BCUT2D eigenvalue weighted by molar-refractivity contribution is 0.0729. The number of hydrogen-bond acceptors (Lipinski definition) is 4. The fourth-order valence-electron chi connectivity index (χ4n) is 3.26. The second-order valence-electron chi connectivity index (χ2n) is 5.92. The summed E-state index contributed by atoms with van der Waals surface area (Å²) in [5, 5.41) is 11.6. The lowest BCUT2D eigenvalue weighted by atomic mass is 10.1. The molecule has 0 spiro atoms. The van der Waals surface area contributed by atoms with Crippen LogP contribution in [-0.4, -0.2) is 52.0 Å². The Bertz CT molecular complexity index is 460. The average molecular weight is 277 g/mol. The van der Waals surface area contributed by atoms with Crippen LogP contribution in [0, 0.1) is 0 Å². The van der Waals surface area contributed by atoms with E-state index in [4.69, 9.17) is 0 Å². The Labute approximate surface area is 119 Å². The van der Waals surface area contributed by atoms with Crippen LogP contribution < -0.4 is 5.32 Å². The van der Waals surface area contributed by atoms with Gasteiger partial charge in [0.1, 0.15) is 0 Å². The van der Waals surface area contributed by atoms with Gasteiger partial charge in [0.2, 0.25) is 0 Å². The van der Waals surface area contributed by atoms with Crippen molar-refractivity contribution in [3.05, 3.63) is 11.9 Å². The molecule has 0 unspecified atom stereocenters. The minimum absolute atomic E-state index is 0.0112. The number of nitrogens with one attached hydrogen (secondary N) is 1. The Morgan fingerprint density at radius 1 is 1.30 bits per heavy atom. The quantitative estimate of drug-likeness (QED) is 0.902. The van der Waals surface area contributed by atoms with Crippen molar-refractivity contribution in [3.63, 3.8) is 0 Å². The van der Waals surface area contributed by atoms with Crippen LogP contribution in [0.4, 0.5) is 0 Å². The van der Waals surface area contributed by atoms with E-state index in [1.54, 1.807) is 0 Å². The molecular weight excluding hydrogens is 254 g/mol. The lowest BCUT2D eigenvalue weighted by Crippen LogP contribution is -2.35. The predicted molar refractivity (Wildman–Crippen MR) is 75.5 cm³/mol. The summed E-state index contributed by atoms with van der Waals surface area (Å²) in [5.41, 5.74) is 0.484. The Kier molecular flexibility index (Phi) is 4.00. The summed E-state index contributed by atoms with van der Waals surface area (Å²) in [4.78, 5) is 14.3. The van der Waals surface area contributed by atoms with Crippen molar-refractivity contribution in [2.75, 3.05) is 20.1 Å². The molecular formula is C14H23N5O. The molecule has 0 atom stereocenters. The summed E-state index contributed by atoms with van der Waals surface area (Å²) in [5.74, 6) is 0.0112. The van der Waals surface area contributed by atoms with Gasteiger partial charge in [0.25, 0.3) is 5.91 Å². The van der Waals surface area contributed by atoms with Crippen molar-refractivity contribution in [1.29, 1.82) is 0 Å². The van der Waals surface area contributed by atoms with Crippen molar-refractivity contribution in [2.24, 2.45) is 0 Å². The summed E-state index contributed by atoms with van der Waals surface area (Å²) < 4.78 is 1.87. The minimum atomic E-state index is 0.0112. The summed E-state index contributed by atoms with van der Waals surface area (Å²) in [6.45, 7) is 2.02. The maximum atomic E-state index is 12.4. The van der Waals surface area contributed by atoms with Gasteiger partial charge in [-0.1, -0.05) is 18.1 Å². The van der Waals surface area contributed by atoms with Crippen LogP contribution in [0.3, 0.4) is 0 Å². The SMILES string of the molecule is CN(C(=O)c1cn(C2CCNCC2)nn1)C1CCCC1. The molecule has 1 saturated heterocycles. The maximum Gasteiger partial charge on any atom is 0.276 e. The van der Waals surface area contributed by atoms with E-state index >= 15 is 0 Å². The molecule has 0 aromatic carbocycles. The third-order valence-corrected chi connectivity index (χ3v) is 4.60. The van der Waals surface area contributed by atoms with Crippen LogP contribution in [0.25, 0.3) is 0 Å². The molecule has 2 fully saturated rings. The van der Waals surface area contributed by atoms with Crippen molar-refractivity contribution in [2.45, 2.75) is 50.6 Å². The van der Waals surface area contributed by atoms with E-state index in [1.165, 1.54) is 12.8 Å². The fourth-order valence-corrected chi connectivity index (χ4v) is 3.26. The first-order valence-electron chi connectivity index (χ1n) is 7.65. The highest BCUT2D eigenvalue weighted by atomic mass is 16.2. The fraction of sp³-hybridized carbons (Fsp3) is 0.786. The van der Waals surface area contributed by atoms with Crippen LogP contribution in [0.15, 0.2) is 6.20 Å². The van der Waals surface area contributed by atoms with E-state index < -0.39 is 0 Å². The molecule has 0 bridgehead atoms. The summed E-state index contributed by atoms with van der Waals surface area (Å²) in [7, 11) is 1.89. The van der Waals surface area contributed by atoms with Gasteiger partial charge in [0, 0.05) is 13.1 Å². The molecule has 3 rings (SSSR count). The average Bonchev–Trinajstić information content (AvgIpc) is 3.18. The Balaban J connectivity index is 1.67. The predicted octanol–water partition coefficient (Wildman–Crippen LogP) is 1.22. The molecule has 2 aliphatic rings. The van der Waals surface area contributed by atoms with E-state index in [0.29, 0.717) is 17.8 Å². The van der Waals surface area contributed by atoms with Crippen LogP contribution in [-0.2, 0) is 0 Å². The van der Waals surface area contributed by atoms with Gasteiger partial charge in [-0.05, 0) is 38.8 Å². The van der Waals surface area contributed by atoms with E-state index in [9.17, 15) is 4.79 Å². The van der Waals surface area contributed by atoms with Crippen LogP contribution in [0.1, 0.15) is 55.1 Å². The zero-order chi connectivity index (χ0) is 13.9. The van der Waals surface area contributed by atoms with Crippen molar-refractivity contribution in [3.8, 4) is 0 Å². The van der Waals surface area contributed by atoms with E-state index in [0.717, 1.165) is 38.8 Å². The largest absolute Gasteiger partial charge is 0.337 e. The highest BCUT2D eigenvalue weighted by Gasteiger charge is 2.26. The van der Waals surface area contributed by atoms with Gasteiger partial charge in [0.05, 0.1) is 12.2 Å². The molecule has 1 N–H and O–H groups in total. The zero-order valence-corrected chi connectivity index (χ0v) is 12.1. The normalized spacial score (nSPS) is 21.2. The number of rotatable bonds is 3. The first-order chi connectivity index (χ1) is 9.75. The smallest absolute Gasteiger partial charge is 0.276 e. The molecule has 110 valence electrons. The molecule has 1 aromatic rings. The number of carbonyl (C=O) groups excluding carboxylic acids is 1. The second-order valence-corrected chi connectivity index (χ2v) is 5.92. The van der Waals surface area contributed by atoms with Crippen LogP contribution in [0.5, 0.6) is 0 Å². The van der Waals surface area contributed by atoms with Crippen molar-refractivity contribution in [1.82, 2.24) is 25.2 Å². The van der Waals surface area contributed by atoms with E-state index in [2.05, 4.69) is 15.6 Å². The molecule has 1 saturated carbocycles. The van der Waals surface area contributed by atoms with Gasteiger partial charge in [-0.3, -0.25) is 4.79 Å². The maximum absolute atomic E-state index is 12.4. The lowest BCUT2D eigenvalue weighted by Gasteiger charge is -2.23. The third-order valence-electron chi connectivity index (χ3n) is 4.60. The third kappa shape index (κ3) is 2.70. The zero-order valence-electron chi connectivity index (χ0n) is 12.1. The molecule has 1 amide bonds. The molecule has 20 heavy (non-hydrogen) atoms.